The number of aliphatic hydroxyl groups is 2. The lowest BCUT2D eigenvalue weighted by Crippen LogP contribution is -2.45. The first-order valence-electron chi connectivity index (χ1n) is 30.6. The molecule has 6 nitrogen and oxygen atoms in total. The highest BCUT2D eigenvalue weighted by Crippen LogP contribution is 2.18. The third-order valence-electron chi connectivity index (χ3n) is 14.3. The molecule has 0 aliphatic carbocycles. The molecule has 402 valence electrons. The summed E-state index contributed by atoms with van der Waals surface area (Å²) in [5.41, 5.74) is 0. The van der Waals surface area contributed by atoms with E-state index in [-0.39, 0.29) is 18.5 Å². The summed E-state index contributed by atoms with van der Waals surface area (Å²) in [6, 6.07) is -0.586. The lowest BCUT2D eigenvalue weighted by Gasteiger charge is -2.22. The SMILES string of the molecule is CCCCCCCCCCCCCCCCCCCCCCCCCCCC(O)C(CO)NC(=O)CC/C=C\C/C=C\CCCCCCCCOC(=O)CCCCCCCCCCCCCCC. The van der Waals surface area contributed by atoms with E-state index in [2.05, 4.69) is 37.4 Å². The number of aliphatic hydroxyl groups excluding tert-OH is 2. The summed E-state index contributed by atoms with van der Waals surface area (Å²) in [5.74, 6) is -0.126. The van der Waals surface area contributed by atoms with Crippen LogP contribution in [0.4, 0.5) is 0 Å². The van der Waals surface area contributed by atoms with Crippen LogP contribution < -0.4 is 5.32 Å². The Morgan fingerprint density at radius 2 is 0.750 bits per heavy atom. The van der Waals surface area contributed by atoms with Gasteiger partial charge in [-0.05, 0) is 44.9 Å². The summed E-state index contributed by atoms with van der Waals surface area (Å²) in [4.78, 5) is 24.5. The lowest BCUT2D eigenvalue weighted by atomic mass is 10.0. The highest BCUT2D eigenvalue weighted by atomic mass is 16.5. The number of hydrogen-bond donors (Lipinski definition) is 3. The Kier molecular flexibility index (Phi) is 56.5. The normalized spacial score (nSPS) is 12.7. The molecule has 0 rings (SSSR count). The maximum Gasteiger partial charge on any atom is 0.305 e. The molecule has 68 heavy (non-hydrogen) atoms. The topological polar surface area (TPSA) is 95.9 Å². The van der Waals surface area contributed by atoms with Crippen molar-refractivity contribution in [2.75, 3.05) is 13.2 Å². The molecule has 0 bridgehead atoms. The number of hydrogen-bond acceptors (Lipinski definition) is 5. The van der Waals surface area contributed by atoms with E-state index in [1.807, 2.05) is 6.08 Å². The van der Waals surface area contributed by atoms with Crippen LogP contribution in [-0.4, -0.2) is 47.4 Å². The number of ether oxygens (including phenoxy) is 1. The molecule has 0 aromatic heterocycles. The van der Waals surface area contributed by atoms with E-state index in [4.69, 9.17) is 4.74 Å². The number of unbranched alkanes of at least 4 members (excludes halogenated alkanes) is 42. The van der Waals surface area contributed by atoms with Crippen molar-refractivity contribution in [1.29, 1.82) is 0 Å². The number of rotatable bonds is 57. The second kappa shape index (κ2) is 57.9. The molecule has 0 fully saturated rings. The zero-order chi connectivity index (χ0) is 49.3. The molecule has 2 unspecified atom stereocenters. The first-order valence-corrected chi connectivity index (χ1v) is 30.6. The zero-order valence-corrected chi connectivity index (χ0v) is 45.9. The van der Waals surface area contributed by atoms with Crippen LogP contribution in [0.3, 0.4) is 0 Å². The molecule has 0 saturated carbocycles. The number of nitrogens with one attached hydrogen (secondary N) is 1. The predicted octanol–water partition coefficient (Wildman–Crippen LogP) is 19.0. The van der Waals surface area contributed by atoms with Gasteiger partial charge in [0.05, 0.1) is 25.4 Å². The van der Waals surface area contributed by atoms with Gasteiger partial charge in [0.2, 0.25) is 5.91 Å². The first-order chi connectivity index (χ1) is 33.5. The smallest absolute Gasteiger partial charge is 0.305 e. The molecule has 0 radical (unpaired) electrons. The number of allylic oxidation sites excluding steroid dienone is 4. The predicted molar refractivity (Wildman–Crippen MR) is 296 cm³/mol. The highest BCUT2D eigenvalue weighted by molar-refractivity contribution is 5.76. The fraction of sp³-hybridized carbons (Fsp3) is 0.903. The van der Waals surface area contributed by atoms with Gasteiger partial charge in [0.25, 0.3) is 0 Å². The van der Waals surface area contributed by atoms with E-state index in [1.165, 1.54) is 244 Å². The average Bonchev–Trinajstić information content (AvgIpc) is 3.34. The summed E-state index contributed by atoms with van der Waals surface area (Å²) in [6.07, 6.45) is 70.5. The minimum Gasteiger partial charge on any atom is -0.466 e. The first kappa shape index (κ1) is 66.3. The minimum absolute atomic E-state index is 0.0146. The van der Waals surface area contributed by atoms with Crippen LogP contribution in [0.15, 0.2) is 24.3 Å². The number of carbonyl (C=O) groups is 2. The quantitative estimate of drug-likeness (QED) is 0.0321. The molecule has 0 aliphatic rings. The van der Waals surface area contributed by atoms with Gasteiger partial charge in [0.15, 0.2) is 0 Å². The van der Waals surface area contributed by atoms with Crippen molar-refractivity contribution in [2.24, 2.45) is 0 Å². The van der Waals surface area contributed by atoms with Crippen LogP contribution >= 0.6 is 0 Å². The molecule has 2 atom stereocenters. The summed E-state index contributed by atoms with van der Waals surface area (Å²) in [5, 5.41) is 23.3. The molecule has 0 aromatic rings. The van der Waals surface area contributed by atoms with Crippen molar-refractivity contribution in [1.82, 2.24) is 5.32 Å². The molecule has 0 heterocycles. The van der Waals surface area contributed by atoms with Gasteiger partial charge < -0.3 is 20.3 Å². The fourth-order valence-electron chi connectivity index (χ4n) is 9.57. The third-order valence-corrected chi connectivity index (χ3v) is 14.3. The van der Waals surface area contributed by atoms with Gasteiger partial charge in [-0.25, -0.2) is 0 Å². The van der Waals surface area contributed by atoms with Gasteiger partial charge in [-0.3, -0.25) is 9.59 Å². The number of amides is 1. The van der Waals surface area contributed by atoms with E-state index in [9.17, 15) is 19.8 Å². The van der Waals surface area contributed by atoms with Crippen LogP contribution in [0, 0.1) is 0 Å². The van der Waals surface area contributed by atoms with Crippen LogP contribution in [0.1, 0.15) is 335 Å². The number of esters is 1. The van der Waals surface area contributed by atoms with Crippen LogP contribution in [0.5, 0.6) is 0 Å². The molecular weight excluding hydrogens is 839 g/mol. The maximum atomic E-state index is 12.5. The molecule has 3 N–H and O–H groups in total. The van der Waals surface area contributed by atoms with Gasteiger partial charge in [0.1, 0.15) is 0 Å². The summed E-state index contributed by atoms with van der Waals surface area (Å²) < 4.78 is 5.46. The summed E-state index contributed by atoms with van der Waals surface area (Å²) in [7, 11) is 0. The van der Waals surface area contributed by atoms with Crippen molar-refractivity contribution >= 4 is 11.9 Å². The van der Waals surface area contributed by atoms with Gasteiger partial charge in [-0.1, -0.05) is 301 Å². The highest BCUT2D eigenvalue weighted by Gasteiger charge is 2.20. The minimum atomic E-state index is -0.700. The van der Waals surface area contributed by atoms with Crippen molar-refractivity contribution in [2.45, 2.75) is 347 Å². The van der Waals surface area contributed by atoms with E-state index >= 15 is 0 Å². The van der Waals surface area contributed by atoms with E-state index in [1.54, 1.807) is 0 Å². The monoisotopic (exact) mass is 958 g/mol. The fourth-order valence-corrected chi connectivity index (χ4v) is 9.57. The molecule has 0 saturated heterocycles. The van der Waals surface area contributed by atoms with Crippen molar-refractivity contribution in [3.63, 3.8) is 0 Å². The standard InChI is InChI=1S/C62H119NO5/c1-3-5-7-9-11-13-15-17-18-19-20-21-22-23-24-25-26-27-28-31-34-38-42-46-50-54-60(65)59(58-64)63-61(66)55-51-47-43-39-35-32-29-33-37-41-45-49-53-57-68-62(67)56-52-48-44-40-36-30-16-14-12-10-8-6-4-2/h32,35,43,47,59-60,64-65H,3-31,33-34,36-42,44-46,48-58H2,1-2H3,(H,63,66)/b35-32-,47-43-. The third kappa shape index (κ3) is 53.7. The van der Waals surface area contributed by atoms with Crippen molar-refractivity contribution < 1.29 is 24.5 Å². The Bertz CT molecular complexity index is 1060. The molecular formula is C62H119NO5. The Labute approximate surface area is 424 Å². The maximum absolute atomic E-state index is 12.5. The Balaban J connectivity index is 3.51. The second-order valence-electron chi connectivity index (χ2n) is 21.0. The largest absolute Gasteiger partial charge is 0.466 e. The van der Waals surface area contributed by atoms with Gasteiger partial charge >= 0.3 is 5.97 Å². The average molecular weight is 959 g/mol. The van der Waals surface area contributed by atoms with Gasteiger partial charge in [-0.2, -0.15) is 0 Å². The lowest BCUT2D eigenvalue weighted by molar-refractivity contribution is -0.143. The molecule has 0 aliphatic heterocycles. The zero-order valence-electron chi connectivity index (χ0n) is 45.9. The Hall–Kier alpha value is -1.66. The van der Waals surface area contributed by atoms with Gasteiger partial charge in [-0.15, -0.1) is 0 Å². The van der Waals surface area contributed by atoms with Crippen LogP contribution in [-0.2, 0) is 14.3 Å². The van der Waals surface area contributed by atoms with Crippen LogP contribution in [0.25, 0.3) is 0 Å². The Morgan fingerprint density at radius 3 is 1.15 bits per heavy atom. The van der Waals surface area contributed by atoms with Gasteiger partial charge in [0, 0.05) is 12.8 Å². The molecule has 1 amide bonds. The van der Waals surface area contributed by atoms with E-state index in [0.717, 1.165) is 51.4 Å². The molecule has 0 spiro atoms. The summed E-state index contributed by atoms with van der Waals surface area (Å²) in [6.45, 7) is 4.91. The molecule has 6 heteroatoms. The van der Waals surface area contributed by atoms with E-state index < -0.39 is 12.1 Å². The van der Waals surface area contributed by atoms with Crippen molar-refractivity contribution in [3.05, 3.63) is 24.3 Å². The molecule has 0 aromatic carbocycles. The second-order valence-corrected chi connectivity index (χ2v) is 21.0. The van der Waals surface area contributed by atoms with Crippen LogP contribution in [0.2, 0.25) is 0 Å². The Morgan fingerprint density at radius 1 is 0.412 bits per heavy atom. The van der Waals surface area contributed by atoms with Crippen molar-refractivity contribution in [3.8, 4) is 0 Å². The number of carbonyl (C=O) groups excluding carboxylic acids is 2. The van der Waals surface area contributed by atoms with E-state index in [0.29, 0.717) is 32.3 Å². The summed E-state index contributed by atoms with van der Waals surface area (Å²) >= 11 is 0.